The van der Waals surface area contributed by atoms with Crippen molar-refractivity contribution in [2.75, 3.05) is 0 Å². The van der Waals surface area contributed by atoms with E-state index in [2.05, 4.69) is 5.32 Å². The Morgan fingerprint density at radius 3 is 2.50 bits per heavy atom. The summed E-state index contributed by atoms with van der Waals surface area (Å²) in [5.74, 6) is -0.448. The van der Waals surface area contributed by atoms with Crippen LogP contribution >= 0.6 is 0 Å². The molecule has 0 saturated heterocycles. The number of hydrogen-bond donors (Lipinski definition) is 2. The number of carbonyl (C=O) groups is 2. The predicted octanol–water partition coefficient (Wildman–Crippen LogP) is 0.766. The van der Waals surface area contributed by atoms with Crippen LogP contribution in [-0.4, -0.2) is 22.5 Å². The first kappa shape index (κ1) is 9.49. The van der Waals surface area contributed by atoms with Gasteiger partial charge >= 0.3 is 5.97 Å². The molecule has 0 heterocycles. The van der Waals surface area contributed by atoms with Gasteiger partial charge in [0.1, 0.15) is 5.54 Å². The van der Waals surface area contributed by atoms with Crippen LogP contribution in [0.1, 0.15) is 32.6 Å². The van der Waals surface area contributed by atoms with Crippen molar-refractivity contribution in [3.05, 3.63) is 0 Å². The molecule has 2 aliphatic rings. The first-order valence-corrected chi connectivity index (χ1v) is 5.07. The number of nitrogens with one attached hydrogen (secondary N) is 1. The number of carboxylic acid groups (broad SMARTS) is 1. The fourth-order valence-electron chi connectivity index (χ4n) is 3.11. The first-order chi connectivity index (χ1) is 6.54. The maximum atomic E-state index is 11.2. The minimum atomic E-state index is -0.950. The fourth-order valence-corrected chi connectivity index (χ4v) is 3.11. The summed E-state index contributed by atoms with van der Waals surface area (Å²) in [6.45, 7) is 1.39. The Morgan fingerprint density at radius 1 is 1.43 bits per heavy atom. The Bertz CT molecular complexity index is 289. The van der Waals surface area contributed by atoms with Gasteiger partial charge in [-0.1, -0.05) is 0 Å². The highest BCUT2D eigenvalue weighted by Crippen LogP contribution is 2.50. The molecule has 2 rings (SSSR count). The molecule has 2 aliphatic carbocycles. The van der Waals surface area contributed by atoms with E-state index >= 15 is 0 Å². The van der Waals surface area contributed by atoms with Crippen LogP contribution in [0.25, 0.3) is 0 Å². The minimum absolute atomic E-state index is 0.147. The summed E-state index contributed by atoms with van der Waals surface area (Å²) in [6, 6.07) is 0. The van der Waals surface area contributed by atoms with Crippen molar-refractivity contribution in [3.8, 4) is 0 Å². The van der Waals surface area contributed by atoms with Gasteiger partial charge in [0.2, 0.25) is 5.91 Å². The molecule has 78 valence electrons. The van der Waals surface area contributed by atoms with Gasteiger partial charge in [0.25, 0.3) is 0 Å². The van der Waals surface area contributed by atoms with Gasteiger partial charge in [0, 0.05) is 6.92 Å². The molecule has 1 amide bonds. The Labute approximate surface area is 82.7 Å². The number of fused-ring (bicyclic) bond motifs is 2. The summed E-state index contributed by atoms with van der Waals surface area (Å²) < 4.78 is 0. The normalized spacial score (nSPS) is 39.8. The smallest absolute Gasteiger partial charge is 0.329 e. The van der Waals surface area contributed by atoms with Crippen molar-refractivity contribution in [1.29, 1.82) is 0 Å². The molecule has 14 heavy (non-hydrogen) atoms. The maximum Gasteiger partial charge on any atom is 0.329 e. The Hall–Kier alpha value is -1.06. The van der Waals surface area contributed by atoms with Gasteiger partial charge in [-0.15, -0.1) is 0 Å². The number of aliphatic carboxylic acids is 1. The van der Waals surface area contributed by atoms with E-state index < -0.39 is 11.5 Å². The fraction of sp³-hybridized carbons (Fsp3) is 0.800. The lowest BCUT2D eigenvalue weighted by Crippen LogP contribution is -2.57. The topological polar surface area (TPSA) is 66.4 Å². The zero-order chi connectivity index (χ0) is 10.3. The second-order valence-corrected chi connectivity index (χ2v) is 4.54. The van der Waals surface area contributed by atoms with Crippen molar-refractivity contribution in [2.24, 2.45) is 11.8 Å². The van der Waals surface area contributed by atoms with Crippen LogP contribution in [0.4, 0.5) is 0 Å². The highest BCUT2D eigenvalue weighted by Gasteiger charge is 2.56. The van der Waals surface area contributed by atoms with Gasteiger partial charge in [-0.25, -0.2) is 4.79 Å². The molecule has 4 heteroatoms. The first-order valence-electron chi connectivity index (χ1n) is 5.07. The second-order valence-electron chi connectivity index (χ2n) is 4.54. The molecule has 2 bridgehead atoms. The highest BCUT2D eigenvalue weighted by molar-refractivity contribution is 5.87. The van der Waals surface area contributed by atoms with Gasteiger partial charge in [0.05, 0.1) is 0 Å². The number of carboxylic acids is 1. The van der Waals surface area contributed by atoms with E-state index in [-0.39, 0.29) is 11.8 Å². The van der Waals surface area contributed by atoms with Crippen LogP contribution in [0, 0.1) is 11.8 Å². The standard InChI is InChI=1S/C10H15NO3/c1-6(12)11-10(9(13)14)5-7-2-3-8(10)4-7/h7-8H,2-5H2,1H3,(H,11,12)(H,13,14)/t7-,8+,10+/m0/s1. The van der Waals surface area contributed by atoms with E-state index in [9.17, 15) is 14.7 Å². The van der Waals surface area contributed by atoms with Crippen molar-refractivity contribution < 1.29 is 14.7 Å². The summed E-state index contributed by atoms with van der Waals surface area (Å²) >= 11 is 0. The minimum Gasteiger partial charge on any atom is -0.479 e. The van der Waals surface area contributed by atoms with Gasteiger partial charge in [-0.2, -0.15) is 0 Å². The molecule has 0 unspecified atom stereocenters. The maximum absolute atomic E-state index is 11.2. The Kier molecular flexibility index (Phi) is 2.01. The van der Waals surface area contributed by atoms with Gasteiger partial charge in [-0.3, -0.25) is 4.79 Å². The number of hydrogen-bond acceptors (Lipinski definition) is 2. The van der Waals surface area contributed by atoms with Gasteiger partial charge in [-0.05, 0) is 37.5 Å². The van der Waals surface area contributed by atoms with Crippen LogP contribution in [0.3, 0.4) is 0 Å². The lowest BCUT2D eigenvalue weighted by Gasteiger charge is -2.33. The van der Waals surface area contributed by atoms with Gasteiger partial charge < -0.3 is 10.4 Å². The second kappa shape index (κ2) is 2.97. The van der Waals surface area contributed by atoms with Crippen LogP contribution in [0.2, 0.25) is 0 Å². The molecule has 0 spiro atoms. The van der Waals surface area contributed by atoms with Crippen LogP contribution in [0.15, 0.2) is 0 Å². The molecule has 0 aromatic heterocycles. The van der Waals surface area contributed by atoms with Crippen molar-refractivity contribution >= 4 is 11.9 Å². The summed E-state index contributed by atoms with van der Waals surface area (Å²) in [5, 5.41) is 11.9. The summed E-state index contributed by atoms with van der Waals surface area (Å²) in [5.41, 5.74) is -0.950. The summed E-state index contributed by atoms with van der Waals surface area (Å²) in [6.07, 6.45) is 3.65. The quantitative estimate of drug-likeness (QED) is 0.687. The molecule has 0 aliphatic heterocycles. The van der Waals surface area contributed by atoms with Crippen LogP contribution in [-0.2, 0) is 9.59 Å². The highest BCUT2D eigenvalue weighted by atomic mass is 16.4. The van der Waals surface area contributed by atoms with Crippen molar-refractivity contribution in [2.45, 2.75) is 38.1 Å². The van der Waals surface area contributed by atoms with Crippen LogP contribution < -0.4 is 5.32 Å². The average Bonchev–Trinajstić information content (AvgIpc) is 2.61. The SMILES string of the molecule is CC(=O)N[C@]1(C(=O)O)C[C@H]2CC[C@@H]1C2. The van der Waals surface area contributed by atoms with E-state index in [1.54, 1.807) is 0 Å². The lowest BCUT2D eigenvalue weighted by molar-refractivity contribution is -0.150. The van der Waals surface area contributed by atoms with Crippen molar-refractivity contribution in [1.82, 2.24) is 5.32 Å². The zero-order valence-electron chi connectivity index (χ0n) is 8.25. The van der Waals surface area contributed by atoms with Gasteiger partial charge in [0.15, 0.2) is 0 Å². The Balaban J connectivity index is 2.24. The number of carbonyl (C=O) groups excluding carboxylic acids is 1. The van der Waals surface area contributed by atoms with E-state index in [4.69, 9.17) is 0 Å². The molecule has 2 N–H and O–H groups in total. The third kappa shape index (κ3) is 1.21. The summed E-state index contributed by atoms with van der Waals surface area (Å²) in [7, 11) is 0. The van der Waals surface area contributed by atoms with Crippen LogP contribution in [0.5, 0.6) is 0 Å². The molecular formula is C10H15NO3. The van der Waals surface area contributed by atoms with Crippen molar-refractivity contribution in [3.63, 3.8) is 0 Å². The lowest BCUT2D eigenvalue weighted by atomic mass is 9.81. The molecule has 0 aromatic rings. The molecule has 2 saturated carbocycles. The number of rotatable bonds is 2. The third-order valence-electron chi connectivity index (χ3n) is 3.63. The monoisotopic (exact) mass is 197 g/mol. The van der Waals surface area contributed by atoms with E-state index in [0.717, 1.165) is 19.3 Å². The molecule has 3 atom stereocenters. The van der Waals surface area contributed by atoms with E-state index in [0.29, 0.717) is 12.3 Å². The number of amides is 1. The molecule has 4 nitrogen and oxygen atoms in total. The molecular weight excluding hydrogens is 182 g/mol. The summed E-state index contributed by atoms with van der Waals surface area (Å²) in [4.78, 5) is 22.2. The Morgan fingerprint density at radius 2 is 2.14 bits per heavy atom. The molecule has 0 radical (unpaired) electrons. The average molecular weight is 197 g/mol. The largest absolute Gasteiger partial charge is 0.479 e. The molecule has 0 aromatic carbocycles. The predicted molar refractivity (Wildman–Crippen MR) is 49.6 cm³/mol. The van der Waals surface area contributed by atoms with E-state index in [1.807, 2.05) is 0 Å². The zero-order valence-corrected chi connectivity index (χ0v) is 8.25. The molecule has 2 fully saturated rings. The van der Waals surface area contributed by atoms with E-state index in [1.165, 1.54) is 6.92 Å². The third-order valence-corrected chi connectivity index (χ3v) is 3.63.